The molecule has 0 fully saturated rings. The zero-order valence-corrected chi connectivity index (χ0v) is 13.2. The second-order valence-electron chi connectivity index (χ2n) is 4.89. The van der Waals surface area contributed by atoms with Gasteiger partial charge < -0.3 is 4.52 Å². The summed E-state index contributed by atoms with van der Waals surface area (Å²) in [6.07, 6.45) is 0. The molecule has 2 nitrogen and oxygen atoms in total. The molecule has 0 aliphatic heterocycles. The molecule has 0 heterocycles. The van der Waals surface area contributed by atoms with Gasteiger partial charge in [0.2, 0.25) is 5.52 Å². The molecule has 0 radical (unpaired) electrons. The largest absolute Gasteiger partial charge is 0.350 e. The zero-order chi connectivity index (χ0) is 14.7. The monoisotopic (exact) mass is 286 g/mol. The van der Waals surface area contributed by atoms with Crippen LogP contribution in [0.5, 0.6) is 0 Å². The summed E-state index contributed by atoms with van der Waals surface area (Å²) in [4.78, 5) is 12.8. The van der Waals surface area contributed by atoms with Crippen LogP contribution in [0.2, 0.25) is 0 Å². The lowest BCUT2D eigenvalue weighted by Crippen LogP contribution is -2.12. The molecule has 0 aromatic heterocycles. The molecule has 1 unspecified atom stereocenters. The molecule has 0 aliphatic rings. The Kier molecular flexibility index (Phi) is 4.69. The van der Waals surface area contributed by atoms with Gasteiger partial charge in [0, 0.05) is 18.0 Å². The van der Waals surface area contributed by atoms with Crippen molar-refractivity contribution in [2.45, 2.75) is 20.8 Å². The van der Waals surface area contributed by atoms with Crippen molar-refractivity contribution in [1.29, 1.82) is 0 Å². The highest BCUT2D eigenvalue weighted by molar-refractivity contribution is 7.78. The Morgan fingerprint density at radius 1 is 1.00 bits per heavy atom. The summed E-state index contributed by atoms with van der Waals surface area (Å²) in [6, 6.07) is 13.8. The van der Waals surface area contributed by atoms with E-state index in [1.54, 1.807) is 7.11 Å². The van der Waals surface area contributed by atoms with E-state index in [2.05, 4.69) is 12.1 Å². The molecule has 0 aliphatic carbocycles. The van der Waals surface area contributed by atoms with Crippen LogP contribution in [0.1, 0.15) is 27.0 Å². The lowest BCUT2D eigenvalue weighted by molar-refractivity contribution is 0.107. The lowest BCUT2D eigenvalue weighted by atomic mass is 10.0. The van der Waals surface area contributed by atoms with Crippen molar-refractivity contribution in [1.82, 2.24) is 0 Å². The maximum absolute atomic E-state index is 12.8. The average Bonchev–Trinajstić information content (AvgIpc) is 2.39. The normalized spacial score (nSPS) is 12.2. The zero-order valence-electron chi connectivity index (χ0n) is 12.3. The predicted molar refractivity (Wildman–Crippen MR) is 85.0 cm³/mol. The minimum absolute atomic E-state index is 0.0868. The van der Waals surface area contributed by atoms with E-state index in [9.17, 15) is 4.79 Å². The van der Waals surface area contributed by atoms with Crippen molar-refractivity contribution in [2.75, 3.05) is 7.11 Å². The molecular formula is C17H19O2P. The van der Waals surface area contributed by atoms with Crippen LogP contribution in [0.15, 0.2) is 42.5 Å². The van der Waals surface area contributed by atoms with Gasteiger partial charge in [-0.25, -0.2) is 0 Å². The van der Waals surface area contributed by atoms with Crippen LogP contribution in [0, 0.1) is 20.8 Å². The van der Waals surface area contributed by atoms with Crippen molar-refractivity contribution in [2.24, 2.45) is 0 Å². The summed E-state index contributed by atoms with van der Waals surface area (Å²) in [7, 11) is 0.335. The number of carbonyl (C=O) groups excluding carboxylic acids is 1. The molecule has 0 spiro atoms. The van der Waals surface area contributed by atoms with Gasteiger partial charge >= 0.3 is 0 Å². The van der Waals surface area contributed by atoms with Gasteiger partial charge in [-0.1, -0.05) is 48.0 Å². The van der Waals surface area contributed by atoms with E-state index in [4.69, 9.17) is 4.52 Å². The average molecular weight is 286 g/mol. The first-order valence-electron chi connectivity index (χ1n) is 6.56. The van der Waals surface area contributed by atoms with E-state index >= 15 is 0 Å². The quantitative estimate of drug-likeness (QED) is 0.790. The first-order chi connectivity index (χ1) is 9.54. The summed E-state index contributed by atoms with van der Waals surface area (Å²) in [5.74, 6) is 0. The van der Waals surface area contributed by atoms with Crippen LogP contribution in [0.25, 0.3) is 0 Å². The first-order valence-corrected chi connectivity index (χ1v) is 7.82. The van der Waals surface area contributed by atoms with Crippen molar-refractivity contribution in [3.05, 3.63) is 64.7 Å². The second-order valence-corrected chi connectivity index (χ2v) is 6.77. The van der Waals surface area contributed by atoms with E-state index < -0.39 is 8.15 Å². The number of carbonyl (C=O) groups is 1. The summed E-state index contributed by atoms with van der Waals surface area (Å²) >= 11 is 0. The molecule has 2 rings (SSSR count). The number of aryl methyl sites for hydroxylation is 3. The molecular weight excluding hydrogens is 267 g/mol. The summed E-state index contributed by atoms with van der Waals surface area (Å²) in [5.41, 5.74) is 4.11. The fourth-order valence-corrected chi connectivity index (χ4v) is 4.10. The fraction of sp³-hybridized carbons (Fsp3) is 0.235. The Hall–Kier alpha value is -1.50. The van der Waals surface area contributed by atoms with Crippen LogP contribution in [-0.4, -0.2) is 12.6 Å². The molecule has 0 amide bonds. The van der Waals surface area contributed by atoms with Crippen molar-refractivity contribution >= 4 is 19.0 Å². The summed E-state index contributed by atoms with van der Waals surface area (Å²) < 4.78 is 5.51. The number of benzene rings is 2. The Labute approximate surface area is 121 Å². The molecule has 2 aromatic carbocycles. The maximum atomic E-state index is 12.8. The van der Waals surface area contributed by atoms with Crippen LogP contribution in [0.4, 0.5) is 0 Å². The predicted octanol–water partition coefficient (Wildman–Crippen LogP) is 4.12. The maximum Gasteiger partial charge on any atom is 0.216 e. The standard InChI is InChI=1S/C17H19O2P/c1-12-10-13(2)16(14(3)11-12)17(18)20(19-4)15-8-6-5-7-9-15/h5-11H,1-4H3. The summed E-state index contributed by atoms with van der Waals surface area (Å²) in [5, 5.41) is 0.953. The van der Waals surface area contributed by atoms with Gasteiger partial charge in [-0.15, -0.1) is 0 Å². The molecule has 0 N–H and O–H groups in total. The molecule has 104 valence electrons. The Balaban J connectivity index is 2.45. The van der Waals surface area contributed by atoms with Gasteiger partial charge in [0.25, 0.3) is 0 Å². The van der Waals surface area contributed by atoms with Gasteiger partial charge in [-0.2, -0.15) is 0 Å². The fourth-order valence-electron chi connectivity index (χ4n) is 2.49. The van der Waals surface area contributed by atoms with E-state index in [0.717, 1.165) is 22.0 Å². The third-order valence-corrected chi connectivity index (χ3v) is 4.97. The molecule has 0 saturated carbocycles. The number of hydrogen-bond acceptors (Lipinski definition) is 2. The second kappa shape index (κ2) is 6.30. The SMILES string of the molecule is COP(C(=O)c1c(C)cc(C)cc1C)c1ccccc1. The molecule has 20 heavy (non-hydrogen) atoms. The molecule has 1 atom stereocenters. The van der Waals surface area contributed by atoms with Crippen molar-refractivity contribution < 1.29 is 9.32 Å². The third-order valence-electron chi connectivity index (χ3n) is 3.25. The van der Waals surface area contributed by atoms with E-state index in [-0.39, 0.29) is 5.52 Å². The Morgan fingerprint density at radius 3 is 2.05 bits per heavy atom. The van der Waals surface area contributed by atoms with Crippen LogP contribution in [0.3, 0.4) is 0 Å². The van der Waals surface area contributed by atoms with Gasteiger partial charge in [0.1, 0.15) is 8.15 Å². The molecule has 3 heteroatoms. The molecule has 0 bridgehead atoms. The van der Waals surface area contributed by atoms with E-state index in [1.807, 2.05) is 51.1 Å². The third kappa shape index (κ3) is 2.98. The minimum atomic E-state index is -1.27. The highest BCUT2D eigenvalue weighted by Gasteiger charge is 2.24. The smallest absolute Gasteiger partial charge is 0.216 e. The summed E-state index contributed by atoms with van der Waals surface area (Å²) in [6.45, 7) is 6.02. The van der Waals surface area contributed by atoms with Gasteiger partial charge in [0.15, 0.2) is 0 Å². The van der Waals surface area contributed by atoms with Crippen LogP contribution in [-0.2, 0) is 4.52 Å². The Bertz CT molecular complexity index is 597. The van der Waals surface area contributed by atoms with E-state index in [0.29, 0.717) is 0 Å². The molecule has 2 aromatic rings. The highest BCUT2D eigenvalue weighted by atomic mass is 31.1. The Morgan fingerprint density at radius 2 is 1.55 bits per heavy atom. The van der Waals surface area contributed by atoms with Gasteiger partial charge in [-0.3, -0.25) is 4.79 Å². The molecule has 0 saturated heterocycles. The number of rotatable bonds is 4. The van der Waals surface area contributed by atoms with E-state index in [1.165, 1.54) is 5.56 Å². The van der Waals surface area contributed by atoms with Crippen LogP contribution < -0.4 is 5.30 Å². The minimum Gasteiger partial charge on any atom is -0.350 e. The first kappa shape index (κ1) is 14.9. The topological polar surface area (TPSA) is 26.3 Å². The van der Waals surface area contributed by atoms with Crippen molar-refractivity contribution in [3.63, 3.8) is 0 Å². The van der Waals surface area contributed by atoms with Gasteiger partial charge in [0.05, 0.1) is 0 Å². The van der Waals surface area contributed by atoms with Crippen LogP contribution >= 0.6 is 8.15 Å². The van der Waals surface area contributed by atoms with Crippen molar-refractivity contribution in [3.8, 4) is 0 Å². The van der Waals surface area contributed by atoms with Gasteiger partial charge in [-0.05, 0) is 31.9 Å². The lowest BCUT2D eigenvalue weighted by Gasteiger charge is -2.17. The highest BCUT2D eigenvalue weighted by Crippen LogP contribution is 2.40. The number of hydrogen-bond donors (Lipinski definition) is 0.